The SMILES string of the molecule is CCCCN=C(N)SCc1nc2sc3c(c2c(=O)[nH]1)CC[C@@H](C)C3. The molecule has 3 N–H and O–H groups in total. The average Bonchev–Trinajstić information content (AvgIpc) is 2.90. The molecule has 7 heteroatoms. The van der Waals surface area contributed by atoms with E-state index >= 15 is 0 Å². The van der Waals surface area contributed by atoms with E-state index in [1.54, 1.807) is 11.3 Å². The molecule has 2 heterocycles. The second-order valence-corrected chi connectivity index (χ2v) is 8.49. The molecule has 1 aliphatic carbocycles. The molecule has 0 spiro atoms. The zero-order valence-corrected chi connectivity index (χ0v) is 15.9. The molecule has 1 atom stereocenters. The van der Waals surface area contributed by atoms with Gasteiger partial charge in [0.2, 0.25) is 0 Å². The van der Waals surface area contributed by atoms with Gasteiger partial charge in [0, 0.05) is 11.4 Å². The van der Waals surface area contributed by atoms with Crippen molar-refractivity contribution in [2.24, 2.45) is 16.6 Å². The van der Waals surface area contributed by atoms with Crippen molar-refractivity contribution in [3.8, 4) is 0 Å². The summed E-state index contributed by atoms with van der Waals surface area (Å²) in [4.78, 5) is 26.6. The molecule has 2 aromatic rings. The van der Waals surface area contributed by atoms with Crippen LogP contribution in [0.5, 0.6) is 0 Å². The van der Waals surface area contributed by atoms with E-state index in [4.69, 9.17) is 5.73 Å². The number of aliphatic imine (C=N–C) groups is 1. The molecule has 0 aromatic carbocycles. The number of H-pyrrole nitrogens is 1. The minimum Gasteiger partial charge on any atom is -0.379 e. The minimum atomic E-state index is -0.0100. The topological polar surface area (TPSA) is 84.1 Å². The predicted octanol–water partition coefficient (Wildman–Crippen LogP) is 3.46. The van der Waals surface area contributed by atoms with Crippen molar-refractivity contribution in [2.45, 2.75) is 51.7 Å². The first kappa shape index (κ1) is 17.5. The molecule has 0 saturated carbocycles. The lowest BCUT2D eigenvalue weighted by atomic mass is 9.89. The van der Waals surface area contributed by atoms with Crippen LogP contribution < -0.4 is 11.3 Å². The Kier molecular flexibility index (Phi) is 5.61. The minimum absolute atomic E-state index is 0.0100. The Balaban J connectivity index is 1.79. The number of hydrogen-bond donors (Lipinski definition) is 2. The van der Waals surface area contributed by atoms with Gasteiger partial charge in [0.05, 0.1) is 11.1 Å². The number of thioether (sulfide) groups is 1. The van der Waals surface area contributed by atoms with E-state index in [0.717, 1.165) is 48.9 Å². The first-order valence-corrected chi connectivity index (χ1v) is 10.3. The summed E-state index contributed by atoms with van der Waals surface area (Å²) in [6.07, 6.45) is 5.36. The fraction of sp³-hybridized carbons (Fsp3) is 0.588. The predicted molar refractivity (Wildman–Crippen MR) is 104 cm³/mol. The highest BCUT2D eigenvalue weighted by Crippen LogP contribution is 2.35. The smallest absolute Gasteiger partial charge is 0.259 e. The number of nitrogens with zero attached hydrogens (tertiary/aromatic N) is 2. The van der Waals surface area contributed by atoms with Crippen LogP contribution in [0, 0.1) is 5.92 Å². The number of nitrogens with one attached hydrogen (secondary N) is 1. The van der Waals surface area contributed by atoms with E-state index < -0.39 is 0 Å². The third-order valence-corrected chi connectivity index (χ3v) is 6.34. The van der Waals surface area contributed by atoms with Gasteiger partial charge in [0.1, 0.15) is 10.7 Å². The van der Waals surface area contributed by atoms with E-state index in [0.29, 0.717) is 22.7 Å². The maximum atomic E-state index is 12.5. The summed E-state index contributed by atoms with van der Waals surface area (Å²) in [6.45, 7) is 5.16. The molecule has 0 aliphatic heterocycles. The summed E-state index contributed by atoms with van der Waals surface area (Å²) >= 11 is 3.11. The summed E-state index contributed by atoms with van der Waals surface area (Å²) in [7, 11) is 0. The maximum Gasteiger partial charge on any atom is 0.259 e. The van der Waals surface area contributed by atoms with Crippen molar-refractivity contribution in [3.05, 3.63) is 26.6 Å². The average molecular weight is 365 g/mol. The van der Waals surface area contributed by atoms with Crippen molar-refractivity contribution < 1.29 is 0 Å². The van der Waals surface area contributed by atoms with Crippen molar-refractivity contribution in [1.29, 1.82) is 0 Å². The molecule has 0 bridgehead atoms. The second kappa shape index (κ2) is 7.70. The van der Waals surface area contributed by atoms with Crippen LogP contribution >= 0.6 is 23.1 Å². The number of amidine groups is 1. The van der Waals surface area contributed by atoms with Crippen LogP contribution in [-0.4, -0.2) is 21.7 Å². The monoisotopic (exact) mass is 364 g/mol. The summed E-state index contributed by atoms with van der Waals surface area (Å²) in [5.74, 6) is 1.92. The Labute approximate surface area is 150 Å². The third kappa shape index (κ3) is 3.83. The van der Waals surface area contributed by atoms with Crippen molar-refractivity contribution in [1.82, 2.24) is 9.97 Å². The third-order valence-electron chi connectivity index (χ3n) is 4.35. The molecule has 5 nitrogen and oxygen atoms in total. The zero-order chi connectivity index (χ0) is 17.1. The number of fused-ring (bicyclic) bond motifs is 3. The van der Waals surface area contributed by atoms with Gasteiger partial charge >= 0.3 is 0 Å². The fourth-order valence-electron chi connectivity index (χ4n) is 3.00. The van der Waals surface area contributed by atoms with E-state index in [9.17, 15) is 4.79 Å². The van der Waals surface area contributed by atoms with Gasteiger partial charge in [-0.05, 0) is 37.2 Å². The molecule has 130 valence electrons. The van der Waals surface area contributed by atoms with E-state index in [-0.39, 0.29) is 5.56 Å². The standard InChI is InChI=1S/C17H24N4OS2/c1-3-4-7-19-17(18)23-9-13-20-15(22)14-11-6-5-10(2)8-12(11)24-16(14)21-13/h10H,3-9H2,1-2H3,(H2,18,19)(H,20,21,22)/t10-/m1/s1. The number of nitrogens with two attached hydrogens (primary N) is 1. The molecule has 2 aromatic heterocycles. The molecule has 24 heavy (non-hydrogen) atoms. The number of thiophene rings is 1. The highest BCUT2D eigenvalue weighted by Gasteiger charge is 2.22. The summed E-state index contributed by atoms with van der Waals surface area (Å²) < 4.78 is 0. The lowest BCUT2D eigenvalue weighted by molar-refractivity contribution is 0.509. The Morgan fingerprint density at radius 1 is 1.54 bits per heavy atom. The number of aromatic nitrogens is 2. The summed E-state index contributed by atoms with van der Waals surface area (Å²) in [5, 5.41) is 1.37. The fourth-order valence-corrected chi connectivity index (χ4v) is 5.00. The number of aromatic amines is 1. The normalized spacial score (nSPS) is 18.1. The van der Waals surface area contributed by atoms with Crippen LogP contribution in [0.25, 0.3) is 10.2 Å². The molecular formula is C17H24N4OS2. The molecule has 0 unspecified atom stereocenters. The summed E-state index contributed by atoms with van der Waals surface area (Å²) in [5.41, 5.74) is 7.12. The van der Waals surface area contributed by atoms with E-state index in [2.05, 4.69) is 28.8 Å². The molecule has 0 amide bonds. The van der Waals surface area contributed by atoms with Gasteiger partial charge in [-0.25, -0.2) is 4.98 Å². The summed E-state index contributed by atoms with van der Waals surface area (Å²) in [6, 6.07) is 0. The van der Waals surface area contributed by atoms with Crippen LogP contribution in [-0.2, 0) is 18.6 Å². The van der Waals surface area contributed by atoms with Gasteiger partial charge in [-0.15, -0.1) is 11.3 Å². The molecule has 0 radical (unpaired) electrons. The van der Waals surface area contributed by atoms with Crippen LogP contribution in [0.3, 0.4) is 0 Å². The first-order valence-electron chi connectivity index (χ1n) is 8.54. The molecule has 0 fully saturated rings. The molecule has 1 aliphatic rings. The largest absolute Gasteiger partial charge is 0.379 e. The Morgan fingerprint density at radius 3 is 3.17 bits per heavy atom. The Morgan fingerprint density at radius 2 is 2.38 bits per heavy atom. The number of unbranched alkanes of at least 4 members (excludes halogenated alkanes) is 1. The van der Waals surface area contributed by atoms with E-state index in [1.807, 2.05) is 0 Å². The van der Waals surface area contributed by atoms with Gasteiger partial charge in [-0.2, -0.15) is 0 Å². The molecular weight excluding hydrogens is 340 g/mol. The lowest BCUT2D eigenvalue weighted by Crippen LogP contribution is -2.15. The number of aryl methyl sites for hydroxylation is 1. The van der Waals surface area contributed by atoms with Gasteiger partial charge in [0.25, 0.3) is 5.56 Å². The lowest BCUT2D eigenvalue weighted by Gasteiger charge is -2.17. The van der Waals surface area contributed by atoms with Gasteiger partial charge in [-0.3, -0.25) is 9.79 Å². The van der Waals surface area contributed by atoms with Crippen LogP contribution in [0.1, 0.15) is 49.4 Å². The van der Waals surface area contributed by atoms with Crippen molar-refractivity contribution >= 4 is 38.5 Å². The van der Waals surface area contributed by atoms with Gasteiger partial charge in [0.15, 0.2) is 5.17 Å². The van der Waals surface area contributed by atoms with Crippen LogP contribution in [0.4, 0.5) is 0 Å². The molecule has 0 saturated heterocycles. The highest BCUT2D eigenvalue weighted by molar-refractivity contribution is 8.13. The maximum absolute atomic E-state index is 12.5. The Hall–Kier alpha value is -1.34. The van der Waals surface area contributed by atoms with Gasteiger partial charge in [-0.1, -0.05) is 32.0 Å². The Bertz CT molecular complexity index is 809. The van der Waals surface area contributed by atoms with Crippen LogP contribution in [0.15, 0.2) is 9.79 Å². The first-order chi connectivity index (χ1) is 11.6. The second-order valence-electron chi connectivity index (χ2n) is 6.41. The van der Waals surface area contributed by atoms with Crippen molar-refractivity contribution in [2.75, 3.05) is 6.54 Å². The van der Waals surface area contributed by atoms with Crippen molar-refractivity contribution in [3.63, 3.8) is 0 Å². The van der Waals surface area contributed by atoms with Gasteiger partial charge < -0.3 is 10.7 Å². The van der Waals surface area contributed by atoms with E-state index in [1.165, 1.54) is 22.2 Å². The number of hydrogen-bond acceptors (Lipinski definition) is 5. The zero-order valence-electron chi connectivity index (χ0n) is 14.2. The molecule has 3 rings (SSSR count). The highest BCUT2D eigenvalue weighted by atomic mass is 32.2. The number of rotatable bonds is 5. The quantitative estimate of drug-likeness (QED) is 0.483. The van der Waals surface area contributed by atoms with Crippen LogP contribution in [0.2, 0.25) is 0 Å².